The lowest BCUT2D eigenvalue weighted by Crippen LogP contribution is -2.47. The number of likely N-dealkylation sites (tertiary alicyclic amines) is 1. The molecule has 0 aliphatic carbocycles. The van der Waals surface area contributed by atoms with Gasteiger partial charge in [-0.3, -0.25) is 9.79 Å². The average molecular weight is 505 g/mol. The van der Waals surface area contributed by atoms with E-state index in [9.17, 15) is 9.18 Å². The zero-order valence-corrected chi connectivity index (χ0v) is 19.2. The number of benzene rings is 1. The zero-order chi connectivity index (χ0) is 19.6. The van der Waals surface area contributed by atoms with E-state index in [2.05, 4.69) is 10.2 Å². The van der Waals surface area contributed by atoms with Gasteiger partial charge in [0, 0.05) is 46.2 Å². The van der Waals surface area contributed by atoms with Crippen molar-refractivity contribution >= 4 is 41.5 Å². The first-order valence-electron chi connectivity index (χ1n) is 9.78. The van der Waals surface area contributed by atoms with Crippen LogP contribution in [0, 0.1) is 11.7 Å². The molecule has 3 N–H and O–H groups in total. The molecular weight excluding hydrogens is 472 g/mol. The lowest BCUT2D eigenvalue weighted by atomic mass is 9.95. The Morgan fingerprint density at radius 3 is 2.86 bits per heavy atom. The first-order valence-corrected chi connectivity index (χ1v) is 9.78. The summed E-state index contributed by atoms with van der Waals surface area (Å²) in [7, 11) is 1.90. The highest BCUT2D eigenvalue weighted by molar-refractivity contribution is 14.0. The van der Waals surface area contributed by atoms with E-state index >= 15 is 0 Å². The van der Waals surface area contributed by atoms with Crippen molar-refractivity contribution in [2.75, 3.05) is 44.7 Å². The number of piperidine rings is 1. The Morgan fingerprint density at radius 2 is 2.18 bits per heavy atom. The normalized spacial score (nSPS) is 17.0. The Morgan fingerprint density at radius 1 is 1.43 bits per heavy atom. The average Bonchev–Trinajstić information content (AvgIpc) is 2.64. The molecule has 0 radical (unpaired) electrons. The highest BCUT2D eigenvalue weighted by Gasteiger charge is 2.23. The molecule has 1 unspecified atom stereocenters. The Hall–Kier alpha value is -1.58. The first kappa shape index (κ1) is 24.5. The smallest absolute Gasteiger partial charge is 0.217 e. The number of guanidine groups is 1. The molecule has 0 spiro atoms. The van der Waals surface area contributed by atoms with Crippen molar-refractivity contribution in [2.24, 2.45) is 16.6 Å². The lowest BCUT2D eigenvalue weighted by molar-refractivity contribution is -0.119. The molecule has 0 bridgehead atoms. The Kier molecular flexibility index (Phi) is 11.2. The number of carbonyl (C=O) groups is 1. The highest BCUT2D eigenvalue weighted by Crippen LogP contribution is 2.20. The number of hydrogen-bond donors (Lipinski definition) is 2. The van der Waals surface area contributed by atoms with Crippen LogP contribution in [-0.2, 0) is 4.79 Å². The summed E-state index contributed by atoms with van der Waals surface area (Å²) in [6, 6.07) is 6.81. The predicted octanol–water partition coefficient (Wildman–Crippen LogP) is 2.82. The fourth-order valence-corrected chi connectivity index (χ4v) is 3.51. The molecule has 28 heavy (non-hydrogen) atoms. The lowest BCUT2D eigenvalue weighted by Gasteiger charge is -2.34. The monoisotopic (exact) mass is 505 g/mol. The van der Waals surface area contributed by atoms with E-state index in [1.54, 1.807) is 12.1 Å². The van der Waals surface area contributed by atoms with Gasteiger partial charge in [-0.15, -0.1) is 24.0 Å². The third-order valence-electron chi connectivity index (χ3n) is 4.82. The van der Waals surface area contributed by atoms with Gasteiger partial charge < -0.3 is 20.9 Å². The van der Waals surface area contributed by atoms with Crippen LogP contribution in [-0.4, -0.2) is 56.5 Å². The summed E-state index contributed by atoms with van der Waals surface area (Å²) < 4.78 is 13.8. The molecule has 8 heteroatoms. The quantitative estimate of drug-likeness (QED) is 0.247. The van der Waals surface area contributed by atoms with Crippen LogP contribution in [0.5, 0.6) is 0 Å². The number of para-hydroxylation sites is 1. The topological polar surface area (TPSA) is 74.0 Å². The van der Waals surface area contributed by atoms with Gasteiger partial charge in [0.05, 0.1) is 5.69 Å². The van der Waals surface area contributed by atoms with Crippen molar-refractivity contribution in [3.05, 3.63) is 30.1 Å². The molecule has 1 heterocycles. The van der Waals surface area contributed by atoms with Gasteiger partial charge >= 0.3 is 0 Å². The number of rotatable bonds is 8. The Bertz CT molecular complexity index is 643. The summed E-state index contributed by atoms with van der Waals surface area (Å²) in [5.74, 6) is 0.748. The zero-order valence-electron chi connectivity index (χ0n) is 16.9. The fourth-order valence-electron chi connectivity index (χ4n) is 3.51. The minimum Gasteiger partial charge on any atom is -0.372 e. The predicted molar refractivity (Wildman–Crippen MR) is 124 cm³/mol. The molecule has 158 valence electrons. The van der Waals surface area contributed by atoms with E-state index in [0.29, 0.717) is 24.6 Å². The fraction of sp³-hybridized carbons (Fsp3) is 0.600. The molecular formula is C20H33FIN5O. The van der Waals surface area contributed by atoms with Crippen LogP contribution in [0.3, 0.4) is 0 Å². The van der Waals surface area contributed by atoms with Crippen LogP contribution in [0.2, 0.25) is 0 Å². The first-order chi connectivity index (χ1) is 13.0. The van der Waals surface area contributed by atoms with Crippen molar-refractivity contribution in [1.29, 1.82) is 0 Å². The van der Waals surface area contributed by atoms with Crippen molar-refractivity contribution < 1.29 is 9.18 Å². The largest absolute Gasteiger partial charge is 0.372 e. The van der Waals surface area contributed by atoms with Crippen molar-refractivity contribution in [3.8, 4) is 0 Å². The number of amides is 1. The molecule has 6 nitrogen and oxygen atoms in total. The molecule has 1 aromatic carbocycles. The number of nitrogens with zero attached hydrogens (tertiary/aromatic N) is 3. The maximum absolute atomic E-state index is 13.8. The van der Waals surface area contributed by atoms with Crippen LogP contribution >= 0.6 is 24.0 Å². The molecule has 2 rings (SSSR count). The van der Waals surface area contributed by atoms with Crippen LogP contribution in [0.25, 0.3) is 0 Å². The second-order valence-electron chi connectivity index (χ2n) is 7.09. The third kappa shape index (κ3) is 7.81. The van der Waals surface area contributed by atoms with Gasteiger partial charge in [0.25, 0.3) is 0 Å². The van der Waals surface area contributed by atoms with Gasteiger partial charge in [-0.05, 0) is 44.2 Å². The van der Waals surface area contributed by atoms with E-state index in [1.165, 1.54) is 6.07 Å². The minimum atomic E-state index is -0.236. The molecule has 1 amide bonds. The SMILES string of the molecule is CCNC(=NCCCN(C)c1ccccc1F)N1CCCC(CC(N)=O)C1.I. The van der Waals surface area contributed by atoms with Crippen LogP contribution < -0.4 is 16.0 Å². The highest BCUT2D eigenvalue weighted by atomic mass is 127. The molecule has 1 aromatic rings. The number of aliphatic imine (C=N–C) groups is 1. The van der Waals surface area contributed by atoms with Gasteiger partial charge in [-0.2, -0.15) is 0 Å². The van der Waals surface area contributed by atoms with Crippen molar-refractivity contribution in [2.45, 2.75) is 32.6 Å². The molecule has 1 fully saturated rings. The second kappa shape index (κ2) is 12.8. The number of carbonyl (C=O) groups excluding carboxylic acids is 1. The number of hydrogen-bond acceptors (Lipinski definition) is 3. The number of nitrogens with two attached hydrogens (primary N) is 1. The standard InChI is InChI=1S/C20H32FN5O.HI/c1-3-23-20(26-13-6-8-16(15-26)14-19(22)27)24-11-7-12-25(2)18-10-5-4-9-17(18)21;/h4-5,9-10,16H,3,6-8,11-15H2,1-2H3,(H2,22,27)(H,23,24);1H. The van der Waals surface area contributed by atoms with Gasteiger partial charge in [-0.1, -0.05) is 12.1 Å². The van der Waals surface area contributed by atoms with E-state index in [-0.39, 0.29) is 35.7 Å². The van der Waals surface area contributed by atoms with Crippen LogP contribution in [0.15, 0.2) is 29.3 Å². The van der Waals surface area contributed by atoms with Crippen LogP contribution in [0.4, 0.5) is 10.1 Å². The third-order valence-corrected chi connectivity index (χ3v) is 4.82. The summed E-state index contributed by atoms with van der Waals surface area (Å²) in [5, 5.41) is 3.34. The number of anilines is 1. The summed E-state index contributed by atoms with van der Waals surface area (Å²) in [6.07, 6.45) is 3.34. The maximum atomic E-state index is 13.8. The van der Waals surface area contributed by atoms with Crippen LogP contribution in [0.1, 0.15) is 32.6 Å². The Balaban J connectivity index is 0.00000392. The van der Waals surface area contributed by atoms with Gasteiger partial charge in [0.15, 0.2) is 5.96 Å². The molecule has 1 saturated heterocycles. The maximum Gasteiger partial charge on any atom is 0.217 e. The van der Waals surface area contributed by atoms with Gasteiger partial charge in [-0.25, -0.2) is 4.39 Å². The van der Waals surface area contributed by atoms with Crippen molar-refractivity contribution in [3.63, 3.8) is 0 Å². The molecule has 0 aromatic heterocycles. The number of primary amides is 1. The van der Waals surface area contributed by atoms with E-state index in [0.717, 1.165) is 51.4 Å². The van der Waals surface area contributed by atoms with Crippen molar-refractivity contribution in [1.82, 2.24) is 10.2 Å². The molecule has 0 saturated carbocycles. The van der Waals surface area contributed by atoms with Gasteiger partial charge in [0.1, 0.15) is 5.82 Å². The summed E-state index contributed by atoms with van der Waals surface area (Å²) in [6.45, 7) is 5.99. The van der Waals surface area contributed by atoms with E-state index in [1.807, 2.05) is 24.9 Å². The minimum absolute atomic E-state index is 0. The van der Waals surface area contributed by atoms with E-state index < -0.39 is 0 Å². The van der Waals surface area contributed by atoms with E-state index in [4.69, 9.17) is 10.7 Å². The number of halogens is 2. The van der Waals surface area contributed by atoms with Gasteiger partial charge in [0.2, 0.25) is 5.91 Å². The second-order valence-corrected chi connectivity index (χ2v) is 7.09. The Labute approximate surface area is 184 Å². The summed E-state index contributed by atoms with van der Waals surface area (Å²) in [5.41, 5.74) is 5.96. The molecule has 1 aliphatic rings. The number of nitrogens with one attached hydrogen (secondary N) is 1. The summed E-state index contributed by atoms with van der Waals surface area (Å²) in [4.78, 5) is 20.1. The molecule has 1 aliphatic heterocycles. The summed E-state index contributed by atoms with van der Waals surface area (Å²) >= 11 is 0. The molecule has 1 atom stereocenters.